The molecule has 0 aliphatic rings. The van der Waals surface area contributed by atoms with E-state index >= 15 is 0 Å². The van der Waals surface area contributed by atoms with Crippen LogP contribution >= 0.6 is 22.9 Å². The van der Waals surface area contributed by atoms with Crippen molar-refractivity contribution in [1.29, 1.82) is 0 Å². The highest BCUT2D eigenvalue weighted by molar-refractivity contribution is 7.22. The molecule has 0 saturated carbocycles. The summed E-state index contributed by atoms with van der Waals surface area (Å²) in [5.74, 6) is 0.779. The Morgan fingerprint density at radius 2 is 1.83 bits per heavy atom. The van der Waals surface area contributed by atoms with Crippen LogP contribution in [0.4, 0.5) is 0 Å². The quantitative estimate of drug-likeness (QED) is 0.389. The summed E-state index contributed by atoms with van der Waals surface area (Å²) >= 11 is 7.44. The minimum atomic E-state index is -0.117. The zero-order valence-electron chi connectivity index (χ0n) is 15.9. The van der Waals surface area contributed by atoms with E-state index in [1.165, 1.54) is 22.2 Å². The summed E-state index contributed by atoms with van der Waals surface area (Å²) in [4.78, 5) is 23.8. The molecule has 2 aromatic carbocycles. The average Bonchev–Trinajstić information content (AvgIpc) is 3.36. The molecule has 30 heavy (non-hydrogen) atoms. The molecule has 148 valence electrons. The molecule has 0 radical (unpaired) electrons. The van der Waals surface area contributed by atoms with E-state index in [0.717, 1.165) is 26.4 Å². The molecule has 5 aromatic rings. The van der Waals surface area contributed by atoms with Crippen LogP contribution in [-0.2, 0) is 6.54 Å². The molecule has 0 amide bonds. The first kappa shape index (κ1) is 18.7. The summed E-state index contributed by atoms with van der Waals surface area (Å²) in [6, 6.07) is 17.1. The second-order valence-corrected chi connectivity index (χ2v) is 8.24. The standard InChI is InChI=1S/C22H15ClN4O2S/c1-13-18-21(30-19(13)14-5-3-2-4-6-14)24-12-27(22(18)28)11-17-25-20(29-26-17)15-7-9-16(23)10-8-15/h2-10,12H,11H2,1H3. The second kappa shape index (κ2) is 7.51. The van der Waals surface area contributed by atoms with Crippen LogP contribution in [0.5, 0.6) is 0 Å². The van der Waals surface area contributed by atoms with E-state index in [4.69, 9.17) is 16.1 Å². The Balaban J connectivity index is 1.50. The van der Waals surface area contributed by atoms with Crippen molar-refractivity contribution in [2.45, 2.75) is 13.5 Å². The third kappa shape index (κ3) is 3.32. The number of aromatic nitrogens is 4. The summed E-state index contributed by atoms with van der Waals surface area (Å²) in [5, 5.41) is 5.26. The van der Waals surface area contributed by atoms with Gasteiger partial charge in [0.2, 0.25) is 0 Å². The Morgan fingerprint density at radius 3 is 2.60 bits per heavy atom. The number of benzene rings is 2. The van der Waals surface area contributed by atoms with E-state index in [1.54, 1.807) is 24.3 Å². The molecule has 3 heterocycles. The van der Waals surface area contributed by atoms with Gasteiger partial charge in [-0.1, -0.05) is 47.1 Å². The van der Waals surface area contributed by atoms with Crippen molar-refractivity contribution in [3.05, 3.63) is 87.7 Å². The number of fused-ring (bicyclic) bond motifs is 1. The highest BCUT2D eigenvalue weighted by Gasteiger charge is 2.17. The third-order valence-electron chi connectivity index (χ3n) is 4.82. The van der Waals surface area contributed by atoms with Crippen LogP contribution in [0.25, 0.3) is 32.1 Å². The van der Waals surface area contributed by atoms with Gasteiger partial charge in [-0.25, -0.2) is 4.98 Å². The van der Waals surface area contributed by atoms with Gasteiger partial charge in [-0.3, -0.25) is 9.36 Å². The lowest BCUT2D eigenvalue weighted by atomic mass is 10.1. The molecule has 8 heteroatoms. The minimum Gasteiger partial charge on any atom is -0.334 e. The minimum absolute atomic E-state index is 0.117. The molecule has 0 saturated heterocycles. The van der Waals surface area contributed by atoms with Gasteiger partial charge >= 0.3 is 0 Å². The molecule has 0 unspecified atom stereocenters. The van der Waals surface area contributed by atoms with Crippen LogP contribution in [0, 0.1) is 6.92 Å². The number of hydrogen-bond donors (Lipinski definition) is 0. The Labute approximate surface area is 180 Å². The van der Waals surface area contributed by atoms with E-state index in [1.807, 2.05) is 37.3 Å². The molecule has 5 rings (SSSR count). The van der Waals surface area contributed by atoms with Crippen molar-refractivity contribution in [2.75, 3.05) is 0 Å². The van der Waals surface area contributed by atoms with Crippen LogP contribution < -0.4 is 5.56 Å². The Morgan fingerprint density at radius 1 is 1.07 bits per heavy atom. The molecule has 6 nitrogen and oxygen atoms in total. The van der Waals surface area contributed by atoms with Gasteiger partial charge in [0.25, 0.3) is 11.4 Å². The van der Waals surface area contributed by atoms with Crippen molar-refractivity contribution in [1.82, 2.24) is 19.7 Å². The van der Waals surface area contributed by atoms with Gasteiger partial charge in [-0.05, 0) is 42.3 Å². The van der Waals surface area contributed by atoms with Crippen molar-refractivity contribution < 1.29 is 4.52 Å². The van der Waals surface area contributed by atoms with Crippen LogP contribution in [-0.4, -0.2) is 19.7 Å². The van der Waals surface area contributed by atoms with E-state index in [0.29, 0.717) is 22.1 Å². The summed E-state index contributed by atoms with van der Waals surface area (Å²) < 4.78 is 6.85. The highest BCUT2D eigenvalue weighted by atomic mass is 35.5. The predicted octanol–water partition coefficient (Wildman–Crippen LogP) is 5.19. The van der Waals surface area contributed by atoms with E-state index in [2.05, 4.69) is 15.1 Å². The number of thiophene rings is 1. The van der Waals surface area contributed by atoms with Crippen LogP contribution in [0.1, 0.15) is 11.4 Å². The molecular formula is C22H15ClN4O2S. The SMILES string of the molecule is Cc1c(-c2ccccc2)sc2ncn(Cc3noc(-c4ccc(Cl)cc4)n3)c(=O)c12. The summed E-state index contributed by atoms with van der Waals surface area (Å²) in [6.07, 6.45) is 1.54. The first-order valence-electron chi connectivity index (χ1n) is 9.22. The van der Waals surface area contributed by atoms with Gasteiger partial charge in [0.1, 0.15) is 4.83 Å². The highest BCUT2D eigenvalue weighted by Crippen LogP contribution is 2.35. The molecule has 0 aliphatic heterocycles. The zero-order chi connectivity index (χ0) is 20.7. The van der Waals surface area contributed by atoms with Crippen LogP contribution in [0.3, 0.4) is 0 Å². The maximum atomic E-state index is 13.1. The van der Waals surface area contributed by atoms with E-state index in [-0.39, 0.29) is 12.1 Å². The predicted molar refractivity (Wildman–Crippen MR) is 118 cm³/mol. The van der Waals surface area contributed by atoms with Crippen molar-refractivity contribution in [2.24, 2.45) is 0 Å². The molecule has 3 aromatic heterocycles. The van der Waals surface area contributed by atoms with Crippen molar-refractivity contribution >= 4 is 33.2 Å². The monoisotopic (exact) mass is 434 g/mol. The summed E-state index contributed by atoms with van der Waals surface area (Å²) in [5.41, 5.74) is 2.66. The zero-order valence-corrected chi connectivity index (χ0v) is 17.4. The smallest absolute Gasteiger partial charge is 0.262 e. The Kier molecular flexibility index (Phi) is 4.69. The van der Waals surface area contributed by atoms with Gasteiger partial charge < -0.3 is 4.52 Å². The maximum Gasteiger partial charge on any atom is 0.262 e. The fourth-order valence-corrected chi connectivity index (χ4v) is 4.59. The summed E-state index contributed by atoms with van der Waals surface area (Å²) in [7, 11) is 0. The van der Waals surface area contributed by atoms with E-state index < -0.39 is 0 Å². The average molecular weight is 435 g/mol. The fraction of sp³-hybridized carbons (Fsp3) is 0.0909. The largest absolute Gasteiger partial charge is 0.334 e. The lowest BCUT2D eigenvalue weighted by Crippen LogP contribution is -2.21. The van der Waals surface area contributed by atoms with Crippen LogP contribution in [0.15, 0.2) is 70.2 Å². The van der Waals surface area contributed by atoms with Crippen LogP contribution in [0.2, 0.25) is 5.02 Å². The normalized spacial score (nSPS) is 11.3. The fourth-order valence-electron chi connectivity index (χ4n) is 3.32. The number of rotatable bonds is 4. The molecular weight excluding hydrogens is 420 g/mol. The van der Waals surface area contributed by atoms with Gasteiger partial charge in [0.05, 0.1) is 18.3 Å². The number of aryl methyl sites for hydroxylation is 1. The molecule has 0 atom stereocenters. The Hall–Kier alpha value is -3.29. The van der Waals surface area contributed by atoms with Crippen molar-refractivity contribution in [3.8, 4) is 21.9 Å². The maximum absolute atomic E-state index is 13.1. The molecule has 0 fully saturated rings. The molecule has 0 bridgehead atoms. The molecule has 0 spiro atoms. The molecule has 0 N–H and O–H groups in total. The topological polar surface area (TPSA) is 73.8 Å². The first-order valence-corrected chi connectivity index (χ1v) is 10.4. The number of halogens is 1. The van der Waals surface area contributed by atoms with E-state index in [9.17, 15) is 4.79 Å². The summed E-state index contributed by atoms with van der Waals surface area (Å²) in [6.45, 7) is 2.14. The Bertz CT molecular complexity index is 1410. The first-order chi connectivity index (χ1) is 14.6. The van der Waals surface area contributed by atoms with Gasteiger partial charge in [0.15, 0.2) is 5.82 Å². The van der Waals surface area contributed by atoms with Crippen molar-refractivity contribution in [3.63, 3.8) is 0 Å². The molecule has 0 aliphatic carbocycles. The van der Waals surface area contributed by atoms with Gasteiger partial charge in [-0.2, -0.15) is 4.98 Å². The second-order valence-electron chi connectivity index (χ2n) is 6.80. The lowest BCUT2D eigenvalue weighted by molar-refractivity contribution is 0.420. The third-order valence-corrected chi connectivity index (χ3v) is 6.33. The van der Waals surface area contributed by atoms with Gasteiger partial charge in [-0.15, -0.1) is 11.3 Å². The lowest BCUT2D eigenvalue weighted by Gasteiger charge is -2.02. The number of nitrogens with zero attached hydrogens (tertiary/aromatic N) is 4. The van der Waals surface area contributed by atoms with Gasteiger partial charge in [0, 0.05) is 15.5 Å². The number of hydrogen-bond acceptors (Lipinski definition) is 6.